The lowest BCUT2D eigenvalue weighted by Gasteiger charge is -2.06. The number of nitro groups is 1. The van der Waals surface area contributed by atoms with Crippen LogP contribution in [-0.4, -0.2) is 35.6 Å². The van der Waals surface area contributed by atoms with Crippen LogP contribution in [0.1, 0.15) is 0 Å². The molecule has 10 nitrogen and oxygen atoms in total. The summed E-state index contributed by atoms with van der Waals surface area (Å²) in [5.74, 6) is -0.179. The third kappa shape index (κ3) is 3.20. The minimum Gasteiger partial charge on any atom is -0.466 e. The Hall–Kier alpha value is -2.40. The molecule has 0 saturated heterocycles. The molecule has 0 bridgehead atoms. The number of methoxy groups -OCH3 is 1. The Labute approximate surface area is 123 Å². The molecule has 1 aromatic carbocycles. The molecule has 0 radical (unpaired) electrons. The van der Waals surface area contributed by atoms with E-state index in [2.05, 4.69) is 19.9 Å². The number of halogens is 1. The zero-order chi connectivity index (χ0) is 15.6. The number of nitrogens with one attached hydrogen (secondary N) is 2. The molecule has 0 saturated carbocycles. The van der Waals surface area contributed by atoms with Crippen LogP contribution in [0.5, 0.6) is 6.01 Å². The fourth-order valence-corrected chi connectivity index (χ4v) is 2.88. The van der Waals surface area contributed by atoms with Crippen LogP contribution < -0.4 is 9.46 Å². The van der Waals surface area contributed by atoms with Crippen LogP contribution >= 0.6 is 11.6 Å². The Bertz CT molecular complexity index is 790. The summed E-state index contributed by atoms with van der Waals surface area (Å²) in [5.41, 5.74) is -0.319. The molecule has 2 N–H and O–H groups in total. The van der Waals surface area contributed by atoms with Gasteiger partial charge in [-0.1, -0.05) is 11.6 Å². The highest BCUT2D eigenvalue weighted by atomic mass is 35.5. The maximum Gasteiger partial charge on any atom is 0.336 e. The molecule has 0 amide bonds. The Morgan fingerprint density at radius 3 is 2.71 bits per heavy atom. The van der Waals surface area contributed by atoms with E-state index in [4.69, 9.17) is 16.3 Å². The summed E-state index contributed by atoms with van der Waals surface area (Å²) in [6.45, 7) is 0. The number of nitro benzene ring substituents is 1. The van der Waals surface area contributed by atoms with E-state index in [0.717, 1.165) is 18.2 Å². The molecule has 1 aromatic heterocycles. The van der Waals surface area contributed by atoms with Crippen LogP contribution in [0.3, 0.4) is 0 Å². The number of hydrogen-bond donors (Lipinski definition) is 2. The van der Waals surface area contributed by atoms with Gasteiger partial charge in [0.05, 0.1) is 17.1 Å². The summed E-state index contributed by atoms with van der Waals surface area (Å²) < 4.78 is 31.0. The number of rotatable bonds is 5. The number of sulfonamides is 1. The van der Waals surface area contributed by atoms with Crippen molar-refractivity contribution in [2.75, 3.05) is 11.8 Å². The molecule has 1 heterocycles. The van der Waals surface area contributed by atoms with Crippen LogP contribution in [-0.2, 0) is 10.0 Å². The third-order valence-electron chi connectivity index (χ3n) is 2.29. The monoisotopic (exact) mass is 333 g/mol. The Morgan fingerprint density at radius 2 is 2.19 bits per heavy atom. The predicted octanol–water partition coefficient (Wildman–Crippen LogP) is 1.18. The number of non-ortho nitro benzene ring substituents is 1. The normalized spacial score (nSPS) is 11.1. The first kappa shape index (κ1) is 15.0. The second kappa shape index (κ2) is 5.54. The smallest absolute Gasteiger partial charge is 0.336 e. The molecular weight excluding hydrogens is 326 g/mol. The van der Waals surface area contributed by atoms with Crippen molar-refractivity contribution in [3.05, 3.63) is 33.3 Å². The minimum absolute atomic E-state index is 0.0532. The predicted molar refractivity (Wildman–Crippen MR) is 71.8 cm³/mol. The lowest BCUT2D eigenvalue weighted by molar-refractivity contribution is -0.384. The van der Waals surface area contributed by atoms with Crippen molar-refractivity contribution in [1.82, 2.24) is 15.2 Å². The molecule has 0 fully saturated rings. The van der Waals surface area contributed by atoms with Crippen molar-refractivity contribution in [3.8, 4) is 6.01 Å². The van der Waals surface area contributed by atoms with E-state index in [0.29, 0.717) is 0 Å². The van der Waals surface area contributed by atoms with Crippen molar-refractivity contribution in [3.63, 3.8) is 0 Å². The van der Waals surface area contributed by atoms with Crippen LogP contribution in [0, 0.1) is 10.1 Å². The number of H-pyrrole nitrogens is 1. The van der Waals surface area contributed by atoms with Crippen LogP contribution in [0.4, 0.5) is 11.6 Å². The van der Waals surface area contributed by atoms with E-state index in [-0.39, 0.29) is 27.6 Å². The van der Waals surface area contributed by atoms with E-state index >= 15 is 0 Å². The van der Waals surface area contributed by atoms with Crippen LogP contribution in [0.2, 0.25) is 5.02 Å². The lowest BCUT2D eigenvalue weighted by atomic mass is 10.3. The molecule has 12 heteroatoms. The number of anilines is 1. The summed E-state index contributed by atoms with van der Waals surface area (Å²) in [7, 11) is -2.76. The minimum atomic E-state index is -4.08. The Morgan fingerprint density at radius 1 is 1.48 bits per heavy atom. The molecule has 0 aliphatic carbocycles. The molecule has 21 heavy (non-hydrogen) atoms. The van der Waals surface area contributed by atoms with Gasteiger partial charge in [0.1, 0.15) is 4.90 Å². The topological polar surface area (TPSA) is 140 Å². The van der Waals surface area contributed by atoms with E-state index in [9.17, 15) is 18.5 Å². The van der Waals surface area contributed by atoms with Gasteiger partial charge < -0.3 is 4.74 Å². The van der Waals surface area contributed by atoms with Crippen molar-refractivity contribution in [2.45, 2.75) is 4.90 Å². The first-order valence-corrected chi connectivity index (χ1v) is 7.13. The summed E-state index contributed by atoms with van der Waals surface area (Å²) >= 11 is 5.76. The Balaban J connectivity index is 2.33. The molecule has 2 aromatic rings. The van der Waals surface area contributed by atoms with Crippen LogP contribution in [0.25, 0.3) is 0 Å². The molecule has 112 valence electrons. The van der Waals surface area contributed by atoms with Gasteiger partial charge in [0.2, 0.25) is 5.95 Å². The maximum atomic E-state index is 12.1. The van der Waals surface area contributed by atoms with Crippen molar-refractivity contribution in [1.29, 1.82) is 0 Å². The van der Waals surface area contributed by atoms with Gasteiger partial charge in [-0.2, -0.15) is 4.98 Å². The molecule has 0 aliphatic heterocycles. The second-order valence-electron chi connectivity index (χ2n) is 3.65. The fraction of sp³-hybridized carbons (Fsp3) is 0.111. The lowest BCUT2D eigenvalue weighted by Crippen LogP contribution is -2.14. The average Bonchev–Trinajstić information content (AvgIpc) is 2.85. The van der Waals surface area contributed by atoms with Gasteiger partial charge in [0, 0.05) is 12.1 Å². The third-order valence-corrected chi connectivity index (χ3v) is 4.12. The van der Waals surface area contributed by atoms with Gasteiger partial charge in [0.25, 0.3) is 15.7 Å². The fourth-order valence-electron chi connectivity index (χ4n) is 1.39. The first-order chi connectivity index (χ1) is 9.83. The van der Waals surface area contributed by atoms with Gasteiger partial charge >= 0.3 is 6.01 Å². The molecular formula is C9H8ClN5O5S. The number of nitrogens with zero attached hydrogens (tertiary/aromatic N) is 3. The second-order valence-corrected chi connectivity index (χ2v) is 5.71. The summed E-state index contributed by atoms with van der Waals surface area (Å²) in [5, 5.41) is 16.2. The highest BCUT2D eigenvalue weighted by Crippen LogP contribution is 2.27. The number of benzene rings is 1. The SMILES string of the molecule is COc1n[nH]c(NS(=O)(=O)c2ccc([N+](=O)[O-])cc2Cl)n1. The van der Waals surface area contributed by atoms with Gasteiger partial charge in [-0.05, 0) is 6.07 Å². The molecule has 0 atom stereocenters. The Kier molecular flexibility index (Phi) is 3.95. The first-order valence-electron chi connectivity index (χ1n) is 5.26. The van der Waals surface area contributed by atoms with Gasteiger partial charge in [-0.15, -0.1) is 5.10 Å². The molecule has 2 rings (SSSR count). The van der Waals surface area contributed by atoms with Gasteiger partial charge in [0.15, 0.2) is 0 Å². The zero-order valence-corrected chi connectivity index (χ0v) is 12.0. The number of aromatic nitrogens is 3. The zero-order valence-electron chi connectivity index (χ0n) is 10.4. The van der Waals surface area contributed by atoms with E-state index in [1.165, 1.54) is 7.11 Å². The summed E-state index contributed by atoms with van der Waals surface area (Å²) in [4.78, 5) is 13.3. The number of hydrogen-bond acceptors (Lipinski definition) is 7. The van der Waals surface area contributed by atoms with Gasteiger partial charge in [-0.3, -0.25) is 10.1 Å². The summed E-state index contributed by atoms with van der Waals surface area (Å²) in [6.07, 6.45) is 0. The largest absolute Gasteiger partial charge is 0.466 e. The highest BCUT2D eigenvalue weighted by molar-refractivity contribution is 7.92. The van der Waals surface area contributed by atoms with E-state index in [1.54, 1.807) is 0 Å². The highest BCUT2D eigenvalue weighted by Gasteiger charge is 2.22. The van der Waals surface area contributed by atoms with Gasteiger partial charge in [-0.25, -0.2) is 18.2 Å². The van der Waals surface area contributed by atoms with Crippen LogP contribution in [0.15, 0.2) is 23.1 Å². The average molecular weight is 334 g/mol. The van der Waals surface area contributed by atoms with Crippen molar-refractivity contribution >= 4 is 33.3 Å². The molecule has 0 spiro atoms. The van der Waals surface area contributed by atoms with Crippen molar-refractivity contribution < 1.29 is 18.1 Å². The number of aromatic amines is 1. The quantitative estimate of drug-likeness (QED) is 0.618. The maximum absolute atomic E-state index is 12.1. The standard InChI is InChI=1S/C9H8ClN5O5S/c1-20-9-11-8(12-13-9)14-21(18,19)7-3-2-5(15(16)17)4-6(7)10/h2-4H,1H3,(H2,11,12,13,14). The molecule has 0 aliphatic rings. The number of ether oxygens (including phenoxy) is 1. The van der Waals surface area contributed by atoms with Crippen molar-refractivity contribution in [2.24, 2.45) is 0 Å². The summed E-state index contributed by atoms with van der Waals surface area (Å²) in [6, 6.07) is 2.94. The van der Waals surface area contributed by atoms with E-state index < -0.39 is 14.9 Å². The molecule has 0 unspecified atom stereocenters. The van der Waals surface area contributed by atoms with E-state index in [1.807, 2.05) is 0 Å².